The first-order chi connectivity index (χ1) is 13.6. The number of benzene rings is 1. The largest absolute Gasteiger partial charge is 0.494 e. The monoisotopic (exact) mass is 387 g/mol. The van der Waals surface area contributed by atoms with Crippen LogP contribution in [0.2, 0.25) is 0 Å². The van der Waals surface area contributed by atoms with E-state index in [1.54, 1.807) is 19.3 Å². The number of anilines is 2. The number of ether oxygens (including phenoxy) is 2. The number of aromatic nitrogens is 3. The molecule has 9 heteroatoms. The Morgan fingerprint density at radius 2 is 1.71 bits per heavy atom. The topological polar surface area (TPSA) is 72.4 Å². The zero-order valence-corrected chi connectivity index (χ0v) is 15.7. The van der Waals surface area contributed by atoms with Crippen LogP contribution >= 0.6 is 0 Å². The SMILES string of the molecule is CNc1ncc2cc(-c3c(F)c(OC)cc(OC)c3F)nc(N3CCC3)c2n1. The molecule has 0 saturated carbocycles. The lowest BCUT2D eigenvalue weighted by molar-refractivity contribution is 0.359. The first kappa shape index (κ1) is 18.1. The summed E-state index contributed by atoms with van der Waals surface area (Å²) in [7, 11) is 4.34. The molecule has 28 heavy (non-hydrogen) atoms. The summed E-state index contributed by atoms with van der Waals surface area (Å²) < 4.78 is 40.0. The number of hydrogen-bond acceptors (Lipinski definition) is 7. The van der Waals surface area contributed by atoms with Crippen LogP contribution in [-0.4, -0.2) is 49.3 Å². The molecule has 4 rings (SSSR count). The van der Waals surface area contributed by atoms with Crippen molar-refractivity contribution in [1.82, 2.24) is 15.0 Å². The zero-order valence-electron chi connectivity index (χ0n) is 15.7. The molecule has 3 aromatic rings. The van der Waals surface area contributed by atoms with E-state index in [0.717, 1.165) is 19.5 Å². The van der Waals surface area contributed by atoms with Crippen LogP contribution < -0.4 is 19.7 Å². The van der Waals surface area contributed by atoms with Crippen LogP contribution in [0.5, 0.6) is 11.5 Å². The van der Waals surface area contributed by atoms with Crippen molar-refractivity contribution in [3.63, 3.8) is 0 Å². The highest BCUT2D eigenvalue weighted by Crippen LogP contribution is 2.39. The van der Waals surface area contributed by atoms with Crippen LogP contribution in [0, 0.1) is 11.6 Å². The van der Waals surface area contributed by atoms with Gasteiger partial charge in [-0.05, 0) is 12.5 Å². The molecular formula is C19H19F2N5O2. The Bertz CT molecular complexity index is 1030. The fourth-order valence-corrected chi connectivity index (χ4v) is 3.13. The van der Waals surface area contributed by atoms with Crippen LogP contribution in [0.4, 0.5) is 20.5 Å². The molecule has 7 nitrogen and oxygen atoms in total. The lowest BCUT2D eigenvalue weighted by Gasteiger charge is -2.32. The van der Waals surface area contributed by atoms with Crippen molar-refractivity contribution in [1.29, 1.82) is 0 Å². The molecule has 1 fully saturated rings. The van der Waals surface area contributed by atoms with Gasteiger partial charge in [-0.3, -0.25) is 0 Å². The van der Waals surface area contributed by atoms with E-state index in [2.05, 4.69) is 20.3 Å². The first-order valence-corrected chi connectivity index (χ1v) is 8.78. The van der Waals surface area contributed by atoms with Gasteiger partial charge in [-0.2, -0.15) is 0 Å². The zero-order chi connectivity index (χ0) is 19.8. The number of hydrogen-bond donors (Lipinski definition) is 1. The summed E-state index contributed by atoms with van der Waals surface area (Å²) in [6.45, 7) is 1.60. The van der Waals surface area contributed by atoms with Crippen molar-refractivity contribution in [2.75, 3.05) is 44.6 Å². The standard InChI is InChI=1S/C19H19F2N5O2/c1-22-19-23-9-10-7-11(24-18(17(10)25-19)26-5-4-6-26)14-15(20)12(27-2)8-13(28-3)16(14)21/h7-9H,4-6H2,1-3H3,(H,22,23,25). The van der Waals surface area contributed by atoms with Crippen molar-refractivity contribution in [3.8, 4) is 22.8 Å². The summed E-state index contributed by atoms with van der Waals surface area (Å²) in [5.41, 5.74) is 0.443. The summed E-state index contributed by atoms with van der Waals surface area (Å²) >= 11 is 0. The molecule has 1 aromatic carbocycles. The van der Waals surface area contributed by atoms with Gasteiger partial charge in [0.05, 0.1) is 25.5 Å². The maximum atomic E-state index is 15.0. The predicted octanol–water partition coefficient (Wildman–Crippen LogP) is 3.24. The molecule has 1 saturated heterocycles. The smallest absolute Gasteiger partial charge is 0.223 e. The van der Waals surface area contributed by atoms with Gasteiger partial charge in [-0.1, -0.05) is 0 Å². The molecule has 0 bridgehead atoms. The van der Waals surface area contributed by atoms with E-state index in [1.165, 1.54) is 20.3 Å². The van der Waals surface area contributed by atoms with Crippen molar-refractivity contribution in [2.45, 2.75) is 6.42 Å². The molecule has 0 aliphatic carbocycles. The number of fused-ring (bicyclic) bond motifs is 1. The Balaban J connectivity index is 2.00. The van der Waals surface area contributed by atoms with Crippen LogP contribution in [0.3, 0.4) is 0 Å². The van der Waals surface area contributed by atoms with Gasteiger partial charge in [-0.25, -0.2) is 23.7 Å². The van der Waals surface area contributed by atoms with Crippen molar-refractivity contribution >= 4 is 22.7 Å². The Hall–Kier alpha value is -3.23. The average molecular weight is 387 g/mol. The van der Waals surface area contributed by atoms with E-state index in [9.17, 15) is 8.78 Å². The molecule has 0 radical (unpaired) electrons. The Labute approximate surface area is 160 Å². The summed E-state index contributed by atoms with van der Waals surface area (Å²) in [5.74, 6) is -0.905. The maximum Gasteiger partial charge on any atom is 0.223 e. The van der Waals surface area contributed by atoms with E-state index in [1.807, 2.05) is 4.90 Å². The molecule has 0 spiro atoms. The van der Waals surface area contributed by atoms with Crippen molar-refractivity contribution in [2.24, 2.45) is 0 Å². The third kappa shape index (κ3) is 2.83. The number of pyridine rings is 1. The average Bonchev–Trinajstić information content (AvgIpc) is 2.67. The number of nitrogens with one attached hydrogen (secondary N) is 1. The third-order valence-corrected chi connectivity index (χ3v) is 4.76. The fraction of sp³-hybridized carbons (Fsp3) is 0.316. The van der Waals surface area contributed by atoms with Gasteiger partial charge in [-0.15, -0.1) is 0 Å². The number of methoxy groups -OCH3 is 2. The van der Waals surface area contributed by atoms with E-state index < -0.39 is 11.6 Å². The van der Waals surface area contributed by atoms with Gasteiger partial charge in [0.2, 0.25) is 5.95 Å². The molecule has 3 heterocycles. The summed E-state index contributed by atoms with van der Waals surface area (Å²) in [5, 5.41) is 3.53. The molecule has 0 unspecified atom stereocenters. The molecule has 2 aromatic heterocycles. The Kier molecular flexibility index (Phi) is 4.58. The molecule has 0 amide bonds. The second kappa shape index (κ2) is 7.06. The Morgan fingerprint density at radius 1 is 1.04 bits per heavy atom. The highest BCUT2D eigenvalue weighted by Gasteiger charge is 2.26. The van der Waals surface area contributed by atoms with E-state index >= 15 is 0 Å². The van der Waals surface area contributed by atoms with Gasteiger partial charge in [0.25, 0.3) is 0 Å². The Morgan fingerprint density at radius 3 is 2.25 bits per heavy atom. The molecule has 146 valence electrons. The van der Waals surface area contributed by atoms with E-state index in [-0.39, 0.29) is 22.8 Å². The quantitative estimate of drug-likeness (QED) is 0.721. The lowest BCUT2D eigenvalue weighted by atomic mass is 10.1. The van der Waals surface area contributed by atoms with Crippen LogP contribution in [-0.2, 0) is 0 Å². The number of rotatable bonds is 5. The molecule has 1 N–H and O–H groups in total. The predicted molar refractivity (Wildman–Crippen MR) is 102 cm³/mol. The first-order valence-electron chi connectivity index (χ1n) is 8.78. The number of halogens is 2. The normalized spacial score (nSPS) is 13.4. The maximum absolute atomic E-state index is 15.0. The summed E-state index contributed by atoms with van der Waals surface area (Å²) in [4.78, 5) is 15.3. The van der Waals surface area contributed by atoms with E-state index in [4.69, 9.17) is 9.47 Å². The highest BCUT2D eigenvalue weighted by molar-refractivity contribution is 5.92. The third-order valence-electron chi connectivity index (χ3n) is 4.76. The van der Waals surface area contributed by atoms with Gasteiger partial charge in [0.1, 0.15) is 5.52 Å². The lowest BCUT2D eigenvalue weighted by Crippen LogP contribution is -2.38. The summed E-state index contributed by atoms with van der Waals surface area (Å²) in [6, 6.07) is 2.74. The summed E-state index contributed by atoms with van der Waals surface area (Å²) in [6.07, 6.45) is 2.63. The van der Waals surface area contributed by atoms with Crippen LogP contribution in [0.1, 0.15) is 6.42 Å². The molecule has 1 aliphatic rings. The van der Waals surface area contributed by atoms with Crippen LogP contribution in [0.15, 0.2) is 18.3 Å². The minimum absolute atomic E-state index is 0.123. The fourth-order valence-electron chi connectivity index (χ4n) is 3.13. The van der Waals surface area contributed by atoms with Crippen molar-refractivity contribution in [3.05, 3.63) is 30.0 Å². The van der Waals surface area contributed by atoms with Crippen LogP contribution in [0.25, 0.3) is 22.2 Å². The second-order valence-electron chi connectivity index (χ2n) is 6.34. The minimum Gasteiger partial charge on any atom is -0.494 e. The van der Waals surface area contributed by atoms with Crippen molar-refractivity contribution < 1.29 is 18.3 Å². The van der Waals surface area contributed by atoms with E-state index in [0.29, 0.717) is 22.7 Å². The minimum atomic E-state index is -0.838. The second-order valence-corrected chi connectivity index (χ2v) is 6.34. The molecular weight excluding hydrogens is 368 g/mol. The van der Waals surface area contributed by atoms with Gasteiger partial charge in [0, 0.05) is 37.8 Å². The highest BCUT2D eigenvalue weighted by atomic mass is 19.1. The van der Waals surface area contributed by atoms with Gasteiger partial charge < -0.3 is 19.7 Å². The molecule has 0 atom stereocenters. The number of nitrogens with zero attached hydrogens (tertiary/aromatic N) is 4. The van der Waals surface area contributed by atoms with Gasteiger partial charge in [0.15, 0.2) is 29.0 Å². The van der Waals surface area contributed by atoms with Gasteiger partial charge >= 0.3 is 0 Å². The molecule has 1 aliphatic heterocycles.